The van der Waals surface area contributed by atoms with E-state index in [0.717, 1.165) is 56.3 Å². The quantitative estimate of drug-likeness (QED) is 0.278. The van der Waals surface area contributed by atoms with Gasteiger partial charge in [-0.25, -0.2) is 4.79 Å². The number of hydrogen-bond donors (Lipinski definition) is 3. The number of thiocarbonyl (C=S) groups is 1. The molecule has 1 fully saturated rings. The summed E-state index contributed by atoms with van der Waals surface area (Å²) in [6.45, 7) is 12.8. The number of carbonyl (C=O) groups is 1. The highest BCUT2D eigenvalue weighted by Gasteiger charge is 2.20. The van der Waals surface area contributed by atoms with Gasteiger partial charge >= 0.3 is 5.97 Å². The van der Waals surface area contributed by atoms with Crippen LogP contribution in [0.2, 0.25) is 0 Å². The summed E-state index contributed by atoms with van der Waals surface area (Å²) < 4.78 is 10.5. The molecule has 9 heteroatoms. The number of nitrogens with zero attached hydrogens (tertiary/aromatic N) is 2. The monoisotopic (exact) mass is 395 g/mol. The van der Waals surface area contributed by atoms with Gasteiger partial charge in [-0.2, -0.15) is 5.10 Å². The topological polar surface area (TPSA) is 91.0 Å². The van der Waals surface area contributed by atoms with Crippen molar-refractivity contribution in [2.45, 2.75) is 27.7 Å². The van der Waals surface area contributed by atoms with Crippen LogP contribution in [0, 0.1) is 13.8 Å². The molecule has 0 aromatic carbocycles. The number of ether oxygens (including phenoxy) is 2. The number of aryl methyl sites for hydroxylation is 1. The highest BCUT2D eigenvalue weighted by molar-refractivity contribution is 7.80. The summed E-state index contributed by atoms with van der Waals surface area (Å²) >= 11 is 5.27. The fraction of sp³-hybridized carbons (Fsp3) is 0.611. The van der Waals surface area contributed by atoms with Gasteiger partial charge in [-0.15, -0.1) is 0 Å². The van der Waals surface area contributed by atoms with Crippen LogP contribution in [0.4, 0.5) is 0 Å². The van der Waals surface area contributed by atoms with Crippen molar-refractivity contribution >= 4 is 29.0 Å². The van der Waals surface area contributed by atoms with E-state index >= 15 is 0 Å². The Morgan fingerprint density at radius 2 is 2.07 bits per heavy atom. The zero-order chi connectivity index (χ0) is 19.8. The van der Waals surface area contributed by atoms with Gasteiger partial charge in [0.2, 0.25) is 0 Å². The number of morpholine rings is 1. The molecule has 1 aromatic heterocycles. The van der Waals surface area contributed by atoms with Crippen LogP contribution in [0.3, 0.4) is 0 Å². The minimum Gasteiger partial charge on any atom is -0.462 e. The summed E-state index contributed by atoms with van der Waals surface area (Å²) in [4.78, 5) is 17.6. The first-order valence-electron chi connectivity index (χ1n) is 9.18. The molecular weight excluding hydrogens is 366 g/mol. The number of rotatable bonds is 7. The number of esters is 1. The first-order chi connectivity index (χ1) is 12.9. The lowest BCUT2D eigenvalue weighted by atomic mass is 10.1. The van der Waals surface area contributed by atoms with E-state index in [1.165, 1.54) is 0 Å². The van der Waals surface area contributed by atoms with Crippen LogP contribution < -0.4 is 10.7 Å². The molecule has 1 aliphatic heterocycles. The second kappa shape index (κ2) is 10.4. The number of carbonyl (C=O) groups excluding carboxylic acids is 1. The predicted molar refractivity (Wildman–Crippen MR) is 109 cm³/mol. The zero-order valence-electron chi connectivity index (χ0n) is 16.5. The molecular formula is C18H29N5O3S. The minimum absolute atomic E-state index is 0.323. The van der Waals surface area contributed by atoms with Gasteiger partial charge in [0.05, 0.1) is 36.8 Å². The van der Waals surface area contributed by atoms with Crippen molar-refractivity contribution in [3.63, 3.8) is 0 Å². The number of H-pyrrole nitrogens is 1. The highest BCUT2D eigenvalue weighted by atomic mass is 32.1. The van der Waals surface area contributed by atoms with Crippen molar-refractivity contribution in [2.24, 2.45) is 5.10 Å². The fourth-order valence-corrected chi connectivity index (χ4v) is 3.15. The Bertz CT molecular complexity index is 695. The maximum Gasteiger partial charge on any atom is 0.340 e. The molecule has 0 aliphatic carbocycles. The van der Waals surface area contributed by atoms with Crippen LogP contribution in [0.5, 0.6) is 0 Å². The third-order valence-electron chi connectivity index (χ3n) is 4.42. The summed E-state index contributed by atoms with van der Waals surface area (Å²) in [7, 11) is 0. The smallest absolute Gasteiger partial charge is 0.340 e. The van der Waals surface area contributed by atoms with Gasteiger partial charge in [-0.3, -0.25) is 10.3 Å². The molecule has 3 N–H and O–H groups in total. The second-order valence-corrected chi connectivity index (χ2v) is 6.77. The van der Waals surface area contributed by atoms with Gasteiger partial charge in [-0.1, -0.05) is 0 Å². The Morgan fingerprint density at radius 3 is 2.74 bits per heavy atom. The molecule has 0 radical (unpaired) electrons. The summed E-state index contributed by atoms with van der Waals surface area (Å²) in [5.41, 5.74) is 6.51. The molecule has 0 bridgehead atoms. The normalized spacial score (nSPS) is 15.5. The largest absolute Gasteiger partial charge is 0.462 e. The number of hydrogen-bond acceptors (Lipinski definition) is 6. The molecule has 0 unspecified atom stereocenters. The summed E-state index contributed by atoms with van der Waals surface area (Å²) in [6.07, 6.45) is 0. The highest BCUT2D eigenvalue weighted by Crippen LogP contribution is 2.19. The standard InChI is InChI=1S/C18H29N5O3S/c1-5-26-17(24)15-12(2)16(20-13(15)3)14(4)21-22-18(27)19-6-7-23-8-10-25-11-9-23/h20H,5-11H2,1-4H3,(H2,19,22,27)/b21-14+. The zero-order valence-corrected chi connectivity index (χ0v) is 17.3. The summed E-state index contributed by atoms with van der Waals surface area (Å²) in [6, 6.07) is 0. The van der Waals surface area contributed by atoms with Gasteiger partial charge in [0, 0.05) is 31.9 Å². The Labute approximate surface area is 165 Å². The molecule has 1 aromatic rings. The van der Waals surface area contributed by atoms with E-state index in [2.05, 4.69) is 25.7 Å². The van der Waals surface area contributed by atoms with Crippen LogP contribution in [-0.2, 0) is 9.47 Å². The van der Waals surface area contributed by atoms with Gasteiger partial charge in [-0.05, 0) is 45.5 Å². The average molecular weight is 396 g/mol. The lowest BCUT2D eigenvalue weighted by Crippen LogP contribution is -2.42. The van der Waals surface area contributed by atoms with E-state index < -0.39 is 0 Å². The third kappa shape index (κ3) is 6.02. The maximum atomic E-state index is 12.1. The Kier molecular flexibility index (Phi) is 8.21. The van der Waals surface area contributed by atoms with E-state index in [1.54, 1.807) is 6.92 Å². The van der Waals surface area contributed by atoms with E-state index in [9.17, 15) is 4.79 Å². The van der Waals surface area contributed by atoms with Crippen LogP contribution >= 0.6 is 12.2 Å². The van der Waals surface area contributed by atoms with Crippen molar-refractivity contribution < 1.29 is 14.3 Å². The molecule has 0 saturated carbocycles. The van der Waals surface area contributed by atoms with Crippen molar-refractivity contribution in [3.8, 4) is 0 Å². The van der Waals surface area contributed by atoms with Gasteiger partial charge in [0.1, 0.15) is 0 Å². The molecule has 1 aliphatic rings. The van der Waals surface area contributed by atoms with Crippen LogP contribution in [0.15, 0.2) is 5.10 Å². The maximum absolute atomic E-state index is 12.1. The molecule has 27 heavy (non-hydrogen) atoms. The van der Waals surface area contributed by atoms with Crippen LogP contribution in [0.1, 0.15) is 41.2 Å². The van der Waals surface area contributed by atoms with E-state index in [0.29, 0.717) is 23.0 Å². The third-order valence-corrected chi connectivity index (χ3v) is 4.66. The fourth-order valence-electron chi connectivity index (χ4n) is 3.00. The molecule has 8 nitrogen and oxygen atoms in total. The molecule has 0 amide bonds. The first kappa shape index (κ1) is 21.3. The van der Waals surface area contributed by atoms with Crippen LogP contribution in [0.25, 0.3) is 0 Å². The molecule has 1 saturated heterocycles. The van der Waals surface area contributed by atoms with Crippen molar-refractivity contribution in [1.29, 1.82) is 0 Å². The lowest BCUT2D eigenvalue weighted by molar-refractivity contribution is 0.0389. The molecule has 150 valence electrons. The number of aromatic nitrogens is 1. The Balaban J connectivity index is 1.88. The number of aromatic amines is 1. The molecule has 2 heterocycles. The van der Waals surface area contributed by atoms with Gasteiger partial charge in [0.15, 0.2) is 5.11 Å². The number of hydrazone groups is 1. The van der Waals surface area contributed by atoms with Crippen molar-refractivity contribution in [1.82, 2.24) is 20.6 Å². The first-order valence-corrected chi connectivity index (χ1v) is 9.59. The average Bonchev–Trinajstić information content (AvgIpc) is 2.95. The van der Waals surface area contributed by atoms with E-state index in [4.69, 9.17) is 21.7 Å². The van der Waals surface area contributed by atoms with Gasteiger partial charge in [0.25, 0.3) is 0 Å². The van der Waals surface area contributed by atoms with E-state index in [-0.39, 0.29) is 5.97 Å². The van der Waals surface area contributed by atoms with Crippen molar-refractivity contribution in [2.75, 3.05) is 46.0 Å². The minimum atomic E-state index is -0.323. The second-order valence-electron chi connectivity index (χ2n) is 6.36. The molecule has 0 spiro atoms. The van der Waals surface area contributed by atoms with E-state index in [1.807, 2.05) is 20.8 Å². The van der Waals surface area contributed by atoms with Crippen LogP contribution in [-0.4, -0.2) is 72.7 Å². The Morgan fingerprint density at radius 1 is 1.37 bits per heavy atom. The predicted octanol–water partition coefficient (Wildman–Crippen LogP) is 1.33. The number of nitrogens with one attached hydrogen (secondary N) is 3. The summed E-state index contributed by atoms with van der Waals surface area (Å²) in [5, 5.41) is 7.94. The lowest BCUT2D eigenvalue weighted by Gasteiger charge is -2.26. The van der Waals surface area contributed by atoms with Gasteiger partial charge < -0.3 is 19.8 Å². The Hall–Kier alpha value is -1.97. The molecule has 2 rings (SSSR count). The molecule has 0 atom stereocenters. The SMILES string of the molecule is CCOC(=O)c1c(C)[nH]c(/C(C)=N/NC(=S)NCCN2CCOCC2)c1C. The summed E-state index contributed by atoms with van der Waals surface area (Å²) in [5.74, 6) is -0.323. The van der Waals surface area contributed by atoms with Crippen molar-refractivity contribution in [3.05, 3.63) is 22.5 Å².